The van der Waals surface area contributed by atoms with Crippen LogP contribution in [0.25, 0.3) is 0 Å². The lowest BCUT2D eigenvalue weighted by Gasteiger charge is -2.31. The van der Waals surface area contributed by atoms with Crippen molar-refractivity contribution in [2.24, 2.45) is 0 Å². The van der Waals surface area contributed by atoms with Crippen molar-refractivity contribution in [1.82, 2.24) is 0 Å². The van der Waals surface area contributed by atoms with Crippen LogP contribution in [0.1, 0.15) is 50.1 Å². The molecule has 0 unspecified atom stereocenters. The van der Waals surface area contributed by atoms with Crippen LogP contribution in [-0.2, 0) is 0 Å². The quantitative estimate of drug-likeness (QED) is 0.445. The SMILES string of the molecule is Cc1cc(C)c([P+](C)(c2c(C)cc(C)cc2C)c2c(C)cc(C)cc2C)c(C)c1. The Morgan fingerprint density at radius 3 is 0.724 bits per heavy atom. The maximum absolute atomic E-state index is 2.56. The van der Waals surface area contributed by atoms with E-state index in [2.05, 4.69) is 105 Å². The van der Waals surface area contributed by atoms with E-state index in [1.165, 1.54) is 50.1 Å². The molecule has 0 radical (unpaired) electrons. The Bertz CT molecular complexity index is 893. The first-order valence-corrected chi connectivity index (χ1v) is 12.8. The molecule has 0 fully saturated rings. The molecule has 0 saturated heterocycles. The highest BCUT2D eigenvalue weighted by Gasteiger charge is 2.47. The molecule has 0 aliphatic heterocycles. The third kappa shape index (κ3) is 3.69. The molecule has 0 N–H and O–H groups in total. The van der Waals surface area contributed by atoms with Crippen molar-refractivity contribution in [3.8, 4) is 0 Å². The number of rotatable bonds is 3. The van der Waals surface area contributed by atoms with E-state index >= 15 is 0 Å². The van der Waals surface area contributed by atoms with E-state index in [-0.39, 0.29) is 0 Å². The van der Waals surface area contributed by atoms with Gasteiger partial charge in [-0.25, -0.2) is 0 Å². The summed E-state index contributed by atoms with van der Waals surface area (Å²) in [5, 5.41) is 4.69. The van der Waals surface area contributed by atoms with Gasteiger partial charge < -0.3 is 0 Å². The Balaban J connectivity index is 2.55. The Hall–Kier alpha value is -1.91. The molecular weight excluding hydrogens is 367 g/mol. The maximum atomic E-state index is 2.56. The second-order valence-corrected chi connectivity index (χ2v) is 12.6. The lowest BCUT2D eigenvalue weighted by Crippen LogP contribution is -2.38. The van der Waals surface area contributed by atoms with Crippen LogP contribution in [-0.4, -0.2) is 6.66 Å². The van der Waals surface area contributed by atoms with Gasteiger partial charge in [-0.1, -0.05) is 53.1 Å². The van der Waals surface area contributed by atoms with E-state index in [9.17, 15) is 0 Å². The van der Waals surface area contributed by atoms with Gasteiger partial charge in [-0.3, -0.25) is 0 Å². The highest BCUT2D eigenvalue weighted by molar-refractivity contribution is 7.95. The topological polar surface area (TPSA) is 0 Å². The fourth-order valence-corrected chi connectivity index (χ4v) is 11.3. The second kappa shape index (κ2) is 7.73. The number of benzene rings is 3. The molecule has 0 saturated carbocycles. The minimum absolute atomic E-state index is 1.35. The smallest absolute Gasteiger partial charge is 0.0524 e. The first kappa shape index (κ1) is 21.8. The van der Waals surface area contributed by atoms with Crippen molar-refractivity contribution in [2.75, 3.05) is 6.66 Å². The molecule has 29 heavy (non-hydrogen) atoms. The molecule has 3 aromatic rings. The zero-order chi connectivity index (χ0) is 21.7. The van der Waals surface area contributed by atoms with Crippen LogP contribution in [0.4, 0.5) is 0 Å². The molecule has 152 valence electrons. The second-order valence-electron chi connectivity index (χ2n) is 9.25. The minimum atomic E-state index is -1.81. The summed E-state index contributed by atoms with van der Waals surface area (Å²) in [5.41, 5.74) is 12.6. The molecule has 0 aliphatic carbocycles. The van der Waals surface area contributed by atoms with Crippen molar-refractivity contribution in [3.05, 3.63) is 86.5 Å². The Morgan fingerprint density at radius 2 is 0.552 bits per heavy atom. The van der Waals surface area contributed by atoms with Gasteiger partial charge in [0.2, 0.25) is 0 Å². The summed E-state index contributed by atoms with van der Waals surface area (Å²) in [6.45, 7) is 23.1. The maximum Gasteiger partial charge on any atom is 0.110 e. The third-order valence-corrected chi connectivity index (χ3v) is 11.0. The fraction of sp³-hybridized carbons (Fsp3) is 0.357. The van der Waals surface area contributed by atoms with E-state index in [1.54, 1.807) is 15.9 Å². The van der Waals surface area contributed by atoms with Crippen molar-refractivity contribution >= 4 is 23.2 Å². The minimum Gasteiger partial charge on any atom is -0.0524 e. The standard InChI is InChI=1S/C28H36P/c1-17-11-20(4)26(21(5)12-17)29(10,27-22(6)13-18(2)14-23(27)7)28-24(8)15-19(3)16-25(28)9/h11-16H,1-10H3/q+1. The van der Waals surface area contributed by atoms with E-state index < -0.39 is 7.26 Å². The average molecular weight is 404 g/mol. The molecule has 0 aromatic heterocycles. The van der Waals surface area contributed by atoms with E-state index in [0.29, 0.717) is 0 Å². The van der Waals surface area contributed by atoms with Gasteiger partial charge in [0.05, 0.1) is 6.66 Å². The number of hydrogen-bond acceptors (Lipinski definition) is 0. The fourth-order valence-electron chi connectivity index (χ4n) is 5.97. The molecule has 0 amide bonds. The van der Waals surface area contributed by atoms with Crippen LogP contribution in [0.15, 0.2) is 36.4 Å². The Morgan fingerprint density at radius 1 is 0.379 bits per heavy atom. The summed E-state index contributed by atoms with van der Waals surface area (Å²) in [7, 11) is -1.81. The van der Waals surface area contributed by atoms with Gasteiger partial charge in [-0.05, 0) is 95.7 Å². The lowest BCUT2D eigenvalue weighted by atomic mass is 10.1. The van der Waals surface area contributed by atoms with Crippen LogP contribution in [0, 0.1) is 62.3 Å². The lowest BCUT2D eigenvalue weighted by molar-refractivity contribution is 1.33. The summed E-state index contributed by atoms with van der Waals surface area (Å²) in [6.07, 6.45) is 0. The van der Waals surface area contributed by atoms with E-state index in [4.69, 9.17) is 0 Å². The van der Waals surface area contributed by atoms with Gasteiger partial charge in [0, 0.05) is 0 Å². The highest BCUT2D eigenvalue weighted by Crippen LogP contribution is 2.56. The summed E-state index contributed by atoms with van der Waals surface area (Å²) in [4.78, 5) is 0. The van der Waals surface area contributed by atoms with Gasteiger partial charge in [-0.15, -0.1) is 0 Å². The van der Waals surface area contributed by atoms with Crippen LogP contribution in [0.2, 0.25) is 0 Å². The van der Waals surface area contributed by atoms with Crippen molar-refractivity contribution in [3.63, 3.8) is 0 Å². The zero-order valence-corrected chi connectivity index (χ0v) is 20.8. The summed E-state index contributed by atoms with van der Waals surface area (Å²) in [5.74, 6) is 0. The summed E-state index contributed by atoms with van der Waals surface area (Å²) in [6, 6.07) is 14.2. The van der Waals surface area contributed by atoms with Gasteiger partial charge in [0.1, 0.15) is 23.2 Å². The average Bonchev–Trinajstić information content (AvgIpc) is 2.51. The van der Waals surface area contributed by atoms with Crippen LogP contribution < -0.4 is 15.9 Å². The van der Waals surface area contributed by atoms with Crippen molar-refractivity contribution in [2.45, 2.75) is 62.3 Å². The molecule has 3 rings (SSSR count). The zero-order valence-electron chi connectivity index (χ0n) is 19.9. The van der Waals surface area contributed by atoms with E-state index in [0.717, 1.165) is 0 Å². The molecule has 1 heteroatoms. The predicted molar refractivity (Wildman–Crippen MR) is 134 cm³/mol. The number of aryl methyl sites for hydroxylation is 9. The predicted octanol–water partition coefficient (Wildman–Crippen LogP) is 6.39. The van der Waals surface area contributed by atoms with Gasteiger partial charge in [-0.2, -0.15) is 0 Å². The summed E-state index contributed by atoms with van der Waals surface area (Å²) >= 11 is 0. The molecule has 0 bridgehead atoms. The molecular formula is C28H36P+. The van der Waals surface area contributed by atoms with Crippen LogP contribution in [0.5, 0.6) is 0 Å². The largest absolute Gasteiger partial charge is 0.110 e. The highest BCUT2D eigenvalue weighted by atomic mass is 31.2. The first-order valence-electron chi connectivity index (χ1n) is 10.6. The van der Waals surface area contributed by atoms with Crippen molar-refractivity contribution < 1.29 is 0 Å². The molecule has 0 spiro atoms. The molecule has 3 aromatic carbocycles. The van der Waals surface area contributed by atoms with Crippen molar-refractivity contribution in [1.29, 1.82) is 0 Å². The third-order valence-electron chi connectivity index (χ3n) is 6.25. The molecule has 0 aliphatic rings. The molecule has 0 nitrogen and oxygen atoms in total. The van der Waals surface area contributed by atoms with Gasteiger partial charge >= 0.3 is 0 Å². The van der Waals surface area contributed by atoms with Gasteiger partial charge in [0.15, 0.2) is 0 Å². The normalized spacial score (nSPS) is 11.8. The Labute approximate surface area is 178 Å². The van der Waals surface area contributed by atoms with E-state index in [1.807, 2.05) is 0 Å². The first-order chi connectivity index (χ1) is 13.5. The molecule has 0 atom stereocenters. The van der Waals surface area contributed by atoms with Crippen LogP contribution >= 0.6 is 7.26 Å². The Kier molecular flexibility index (Phi) is 5.81. The summed E-state index contributed by atoms with van der Waals surface area (Å²) < 4.78 is 0. The number of hydrogen-bond donors (Lipinski definition) is 0. The van der Waals surface area contributed by atoms with Crippen LogP contribution in [0.3, 0.4) is 0 Å². The van der Waals surface area contributed by atoms with Gasteiger partial charge in [0.25, 0.3) is 0 Å². The monoisotopic (exact) mass is 403 g/mol. The molecule has 0 heterocycles.